The SMILES string of the molecule is CCCCCC(NN)c1cccc(F)c1. The van der Waals surface area contributed by atoms with E-state index in [4.69, 9.17) is 5.84 Å². The van der Waals surface area contributed by atoms with Gasteiger partial charge >= 0.3 is 0 Å². The van der Waals surface area contributed by atoms with E-state index in [1.807, 2.05) is 6.07 Å². The summed E-state index contributed by atoms with van der Waals surface area (Å²) in [6.45, 7) is 2.16. The van der Waals surface area contributed by atoms with Crippen molar-refractivity contribution >= 4 is 0 Å². The number of nitrogens with two attached hydrogens (primary N) is 1. The van der Waals surface area contributed by atoms with Crippen molar-refractivity contribution < 1.29 is 4.39 Å². The van der Waals surface area contributed by atoms with Gasteiger partial charge in [-0.1, -0.05) is 38.3 Å². The summed E-state index contributed by atoms with van der Waals surface area (Å²) in [6.07, 6.45) is 4.43. The molecular weight excluding hydrogens is 191 g/mol. The molecular formula is C12H19FN2. The number of benzene rings is 1. The lowest BCUT2D eigenvalue weighted by Gasteiger charge is -2.15. The topological polar surface area (TPSA) is 38.0 Å². The van der Waals surface area contributed by atoms with E-state index in [0.717, 1.165) is 18.4 Å². The number of hydrazine groups is 1. The van der Waals surface area contributed by atoms with E-state index >= 15 is 0 Å². The Balaban J connectivity index is 2.57. The first kappa shape index (κ1) is 12.1. The molecule has 0 aliphatic heterocycles. The second kappa shape index (κ2) is 6.53. The van der Waals surface area contributed by atoms with Gasteiger partial charge in [-0.25, -0.2) is 4.39 Å². The van der Waals surface area contributed by atoms with Crippen molar-refractivity contribution in [3.05, 3.63) is 35.6 Å². The zero-order valence-corrected chi connectivity index (χ0v) is 9.17. The highest BCUT2D eigenvalue weighted by Crippen LogP contribution is 2.19. The van der Waals surface area contributed by atoms with E-state index < -0.39 is 0 Å². The Morgan fingerprint density at radius 1 is 1.40 bits per heavy atom. The highest BCUT2D eigenvalue weighted by molar-refractivity contribution is 5.19. The molecule has 3 N–H and O–H groups in total. The lowest BCUT2D eigenvalue weighted by atomic mass is 10.0. The zero-order chi connectivity index (χ0) is 11.1. The summed E-state index contributed by atoms with van der Waals surface area (Å²) < 4.78 is 13.0. The fourth-order valence-electron chi connectivity index (χ4n) is 1.67. The Morgan fingerprint density at radius 3 is 2.80 bits per heavy atom. The van der Waals surface area contributed by atoms with Crippen molar-refractivity contribution in [1.82, 2.24) is 5.43 Å². The Kier molecular flexibility index (Phi) is 5.29. The maximum Gasteiger partial charge on any atom is 0.123 e. The smallest absolute Gasteiger partial charge is 0.123 e. The molecule has 1 rings (SSSR count). The molecule has 0 heterocycles. The Morgan fingerprint density at radius 2 is 2.20 bits per heavy atom. The summed E-state index contributed by atoms with van der Waals surface area (Å²) in [5.41, 5.74) is 3.66. The van der Waals surface area contributed by atoms with Crippen molar-refractivity contribution in [3.8, 4) is 0 Å². The minimum absolute atomic E-state index is 0.0623. The summed E-state index contributed by atoms with van der Waals surface area (Å²) in [5.74, 6) is 5.26. The third-order valence-electron chi connectivity index (χ3n) is 2.55. The van der Waals surface area contributed by atoms with Crippen LogP contribution in [0, 0.1) is 5.82 Å². The summed E-state index contributed by atoms with van der Waals surface area (Å²) >= 11 is 0. The van der Waals surface area contributed by atoms with Gasteiger partial charge in [0, 0.05) is 6.04 Å². The van der Waals surface area contributed by atoms with Crippen molar-refractivity contribution in [2.75, 3.05) is 0 Å². The van der Waals surface area contributed by atoms with Gasteiger partial charge in [-0.2, -0.15) is 0 Å². The van der Waals surface area contributed by atoms with Crippen LogP contribution in [0.3, 0.4) is 0 Å². The average Bonchev–Trinajstić information content (AvgIpc) is 2.24. The summed E-state index contributed by atoms with van der Waals surface area (Å²) in [4.78, 5) is 0. The molecule has 2 nitrogen and oxygen atoms in total. The van der Waals surface area contributed by atoms with Crippen LogP contribution >= 0.6 is 0 Å². The Bertz CT molecular complexity index is 289. The van der Waals surface area contributed by atoms with Gasteiger partial charge < -0.3 is 0 Å². The largest absolute Gasteiger partial charge is 0.271 e. The number of nitrogens with one attached hydrogen (secondary N) is 1. The number of rotatable bonds is 6. The number of halogens is 1. The third kappa shape index (κ3) is 3.98. The van der Waals surface area contributed by atoms with Gasteiger partial charge in [-0.15, -0.1) is 0 Å². The molecule has 0 fully saturated rings. The molecule has 15 heavy (non-hydrogen) atoms. The highest BCUT2D eigenvalue weighted by atomic mass is 19.1. The van der Waals surface area contributed by atoms with Crippen molar-refractivity contribution in [2.45, 2.75) is 38.6 Å². The Hall–Kier alpha value is -0.930. The lowest BCUT2D eigenvalue weighted by Crippen LogP contribution is -2.28. The van der Waals surface area contributed by atoms with Crippen LogP contribution in [0.15, 0.2) is 24.3 Å². The molecule has 0 saturated carbocycles. The van der Waals surface area contributed by atoms with Crippen molar-refractivity contribution in [1.29, 1.82) is 0 Å². The minimum Gasteiger partial charge on any atom is -0.271 e. The molecule has 0 radical (unpaired) electrons. The van der Waals surface area contributed by atoms with Gasteiger partial charge in [0.2, 0.25) is 0 Å². The minimum atomic E-state index is -0.205. The van der Waals surface area contributed by atoms with Gasteiger partial charge in [0.15, 0.2) is 0 Å². The van der Waals surface area contributed by atoms with Crippen LogP contribution in [0.1, 0.15) is 44.2 Å². The standard InChI is InChI=1S/C12H19FN2/c1-2-3-4-8-12(15-14)10-6-5-7-11(13)9-10/h5-7,9,12,15H,2-4,8,14H2,1H3. The first-order valence-corrected chi connectivity index (χ1v) is 5.49. The fraction of sp³-hybridized carbons (Fsp3) is 0.500. The van der Waals surface area contributed by atoms with E-state index in [0.29, 0.717) is 0 Å². The van der Waals surface area contributed by atoms with Gasteiger partial charge in [-0.05, 0) is 24.1 Å². The van der Waals surface area contributed by atoms with Gasteiger partial charge in [0.1, 0.15) is 5.82 Å². The predicted octanol–water partition coefficient (Wildman–Crippen LogP) is 2.91. The van der Waals surface area contributed by atoms with Gasteiger partial charge in [0.25, 0.3) is 0 Å². The molecule has 1 unspecified atom stereocenters. The van der Waals surface area contributed by atoms with Crippen LogP contribution in [0.2, 0.25) is 0 Å². The Labute approximate surface area is 90.6 Å². The van der Waals surface area contributed by atoms with Crippen molar-refractivity contribution in [3.63, 3.8) is 0 Å². The average molecular weight is 210 g/mol. The molecule has 0 bridgehead atoms. The normalized spacial score (nSPS) is 12.7. The molecule has 3 heteroatoms. The van der Waals surface area contributed by atoms with Crippen LogP contribution in [0.4, 0.5) is 4.39 Å². The summed E-state index contributed by atoms with van der Waals surface area (Å²) in [6, 6.07) is 6.67. The predicted molar refractivity (Wildman–Crippen MR) is 60.6 cm³/mol. The van der Waals surface area contributed by atoms with E-state index in [1.54, 1.807) is 6.07 Å². The van der Waals surface area contributed by atoms with E-state index in [2.05, 4.69) is 12.3 Å². The molecule has 0 saturated heterocycles. The van der Waals surface area contributed by atoms with Crippen LogP contribution in [0.5, 0.6) is 0 Å². The first-order valence-electron chi connectivity index (χ1n) is 5.49. The summed E-state index contributed by atoms with van der Waals surface area (Å²) in [7, 11) is 0. The zero-order valence-electron chi connectivity index (χ0n) is 9.17. The molecule has 1 aromatic rings. The van der Waals surface area contributed by atoms with Crippen LogP contribution in [-0.4, -0.2) is 0 Å². The molecule has 1 aromatic carbocycles. The second-order valence-electron chi connectivity index (χ2n) is 3.77. The quantitative estimate of drug-likeness (QED) is 0.430. The number of unbranched alkanes of at least 4 members (excludes halogenated alkanes) is 2. The molecule has 1 atom stereocenters. The van der Waals surface area contributed by atoms with Crippen LogP contribution < -0.4 is 11.3 Å². The van der Waals surface area contributed by atoms with Crippen LogP contribution in [0.25, 0.3) is 0 Å². The molecule has 0 amide bonds. The molecule has 0 aliphatic rings. The lowest BCUT2D eigenvalue weighted by molar-refractivity contribution is 0.484. The van der Waals surface area contributed by atoms with Crippen molar-refractivity contribution in [2.24, 2.45) is 5.84 Å². The monoisotopic (exact) mass is 210 g/mol. The van der Waals surface area contributed by atoms with E-state index in [1.165, 1.54) is 25.0 Å². The molecule has 0 spiro atoms. The maximum absolute atomic E-state index is 13.0. The van der Waals surface area contributed by atoms with Gasteiger partial charge in [0.05, 0.1) is 0 Å². The number of hydrogen-bond acceptors (Lipinski definition) is 2. The van der Waals surface area contributed by atoms with E-state index in [9.17, 15) is 4.39 Å². The highest BCUT2D eigenvalue weighted by Gasteiger charge is 2.09. The van der Waals surface area contributed by atoms with E-state index in [-0.39, 0.29) is 11.9 Å². The molecule has 84 valence electrons. The first-order chi connectivity index (χ1) is 7.27. The van der Waals surface area contributed by atoms with Crippen LogP contribution in [-0.2, 0) is 0 Å². The van der Waals surface area contributed by atoms with Gasteiger partial charge in [-0.3, -0.25) is 11.3 Å². The maximum atomic E-state index is 13.0. The molecule has 0 aliphatic carbocycles. The molecule has 0 aromatic heterocycles. The number of hydrogen-bond donors (Lipinski definition) is 2. The fourth-order valence-corrected chi connectivity index (χ4v) is 1.67. The third-order valence-corrected chi connectivity index (χ3v) is 2.55. The second-order valence-corrected chi connectivity index (χ2v) is 3.77. The summed E-state index contributed by atoms with van der Waals surface area (Å²) in [5, 5.41) is 0.